The Kier molecular flexibility index (Phi) is 7.40. The zero-order valence-corrected chi connectivity index (χ0v) is 19.6. The molecule has 4 rings (SSSR count). The number of carbonyl (C=O) groups excluding carboxylic acids is 1. The molecule has 1 saturated carbocycles. The van der Waals surface area contributed by atoms with Crippen molar-refractivity contribution in [2.75, 3.05) is 33.1 Å². The second kappa shape index (κ2) is 10.2. The smallest absolute Gasteiger partial charge is 0.409 e. The molecule has 2 fully saturated rings. The van der Waals surface area contributed by atoms with Gasteiger partial charge >= 0.3 is 6.09 Å². The molecule has 170 valence electrons. The van der Waals surface area contributed by atoms with Gasteiger partial charge in [0.05, 0.1) is 31.5 Å². The predicted octanol–water partition coefficient (Wildman–Crippen LogP) is 3.94. The molecule has 0 spiro atoms. The van der Waals surface area contributed by atoms with E-state index in [0.29, 0.717) is 31.2 Å². The fraction of sp³-hybridized carbons (Fsp3) is 0.652. The minimum Gasteiger partial charge on any atom is -0.453 e. The van der Waals surface area contributed by atoms with Crippen LogP contribution in [0.15, 0.2) is 24.4 Å². The van der Waals surface area contributed by atoms with E-state index in [1.54, 1.807) is 16.8 Å². The highest BCUT2D eigenvalue weighted by atomic mass is 32.2. The summed E-state index contributed by atoms with van der Waals surface area (Å²) in [6.07, 6.45) is 9.48. The highest BCUT2D eigenvalue weighted by Gasteiger charge is 2.33. The van der Waals surface area contributed by atoms with E-state index in [-0.39, 0.29) is 12.0 Å². The van der Waals surface area contributed by atoms with Crippen molar-refractivity contribution in [1.29, 1.82) is 0 Å². The summed E-state index contributed by atoms with van der Waals surface area (Å²) in [7, 11) is 3.44. The van der Waals surface area contributed by atoms with Crippen LogP contribution in [0.3, 0.4) is 0 Å². The van der Waals surface area contributed by atoms with Crippen LogP contribution in [-0.2, 0) is 16.5 Å². The van der Waals surface area contributed by atoms with E-state index in [2.05, 4.69) is 34.3 Å². The molecule has 0 radical (unpaired) electrons. The van der Waals surface area contributed by atoms with Crippen LogP contribution in [-0.4, -0.2) is 66.0 Å². The maximum Gasteiger partial charge on any atom is 0.409 e. The van der Waals surface area contributed by atoms with Crippen molar-refractivity contribution in [2.45, 2.75) is 50.2 Å². The SMILES string of the molecule is COC(=O)N1CCC(NSC)C(COC2CCC(c3ccc4c(cnn4C)c3)CC2)C1. The number of methoxy groups -OCH3 is 1. The number of carbonyl (C=O) groups is 1. The number of piperidine rings is 1. The lowest BCUT2D eigenvalue weighted by atomic mass is 9.82. The lowest BCUT2D eigenvalue weighted by molar-refractivity contribution is -0.0156. The van der Waals surface area contributed by atoms with E-state index in [4.69, 9.17) is 9.47 Å². The van der Waals surface area contributed by atoms with E-state index >= 15 is 0 Å². The summed E-state index contributed by atoms with van der Waals surface area (Å²) in [4.78, 5) is 13.8. The number of ether oxygens (including phenoxy) is 2. The molecule has 1 N–H and O–H groups in total. The third-order valence-electron chi connectivity index (χ3n) is 6.90. The van der Waals surface area contributed by atoms with E-state index < -0.39 is 0 Å². The number of nitrogens with zero attached hydrogens (tertiary/aromatic N) is 3. The Bertz CT molecular complexity index is 881. The lowest BCUT2D eigenvalue weighted by Crippen LogP contribution is -2.51. The number of nitrogens with one attached hydrogen (secondary N) is 1. The van der Waals surface area contributed by atoms with Crippen LogP contribution in [0.4, 0.5) is 4.79 Å². The van der Waals surface area contributed by atoms with Gasteiger partial charge in [0.15, 0.2) is 0 Å². The van der Waals surface area contributed by atoms with Crippen LogP contribution in [0.2, 0.25) is 0 Å². The molecule has 2 heterocycles. The first-order valence-corrected chi connectivity index (χ1v) is 12.5. The number of aryl methyl sites for hydroxylation is 1. The zero-order chi connectivity index (χ0) is 21.8. The van der Waals surface area contributed by atoms with Crippen LogP contribution in [0.25, 0.3) is 10.9 Å². The predicted molar refractivity (Wildman–Crippen MR) is 124 cm³/mol. The number of likely N-dealkylation sites (tertiary alicyclic amines) is 1. The van der Waals surface area contributed by atoms with Gasteiger partial charge in [0.25, 0.3) is 0 Å². The second-order valence-electron chi connectivity index (χ2n) is 8.79. The van der Waals surface area contributed by atoms with Gasteiger partial charge in [0, 0.05) is 37.5 Å². The molecule has 1 aliphatic carbocycles. The molecule has 2 atom stereocenters. The number of fused-ring (bicyclic) bond motifs is 1. The monoisotopic (exact) mass is 446 g/mol. The van der Waals surface area contributed by atoms with Gasteiger partial charge in [-0.05, 0) is 62.0 Å². The first-order chi connectivity index (χ1) is 15.1. The number of benzene rings is 1. The molecule has 1 saturated heterocycles. The van der Waals surface area contributed by atoms with Crippen molar-refractivity contribution in [3.05, 3.63) is 30.0 Å². The summed E-state index contributed by atoms with van der Waals surface area (Å²) in [6, 6.07) is 7.11. The van der Waals surface area contributed by atoms with Crippen LogP contribution in [0.5, 0.6) is 0 Å². The summed E-state index contributed by atoms with van der Waals surface area (Å²) in [6.45, 7) is 2.10. The van der Waals surface area contributed by atoms with Crippen LogP contribution in [0.1, 0.15) is 43.6 Å². The van der Waals surface area contributed by atoms with Gasteiger partial charge in [-0.15, -0.1) is 0 Å². The molecular formula is C23H34N4O3S. The van der Waals surface area contributed by atoms with E-state index in [9.17, 15) is 4.79 Å². The number of rotatable bonds is 6. The minimum absolute atomic E-state index is 0.237. The molecule has 7 nitrogen and oxygen atoms in total. The Morgan fingerprint density at radius 1 is 1.26 bits per heavy atom. The molecule has 0 bridgehead atoms. The Morgan fingerprint density at radius 3 is 2.81 bits per heavy atom. The number of amides is 1. The summed E-state index contributed by atoms with van der Waals surface area (Å²) in [5.41, 5.74) is 2.60. The average Bonchev–Trinajstić information content (AvgIpc) is 3.18. The van der Waals surface area contributed by atoms with Crippen molar-refractivity contribution < 1.29 is 14.3 Å². The van der Waals surface area contributed by atoms with Gasteiger partial charge < -0.3 is 14.4 Å². The van der Waals surface area contributed by atoms with Crippen LogP contribution >= 0.6 is 11.9 Å². The molecule has 1 amide bonds. The van der Waals surface area contributed by atoms with Crippen molar-refractivity contribution in [3.63, 3.8) is 0 Å². The minimum atomic E-state index is -0.237. The van der Waals surface area contributed by atoms with Gasteiger partial charge in [-0.1, -0.05) is 18.0 Å². The normalized spacial score (nSPS) is 26.9. The summed E-state index contributed by atoms with van der Waals surface area (Å²) in [5, 5.41) is 5.58. The van der Waals surface area contributed by atoms with Gasteiger partial charge in [-0.25, -0.2) is 4.79 Å². The molecular weight excluding hydrogens is 412 g/mol. The molecule has 31 heavy (non-hydrogen) atoms. The molecule has 1 aliphatic heterocycles. The number of hydrogen-bond acceptors (Lipinski definition) is 6. The van der Waals surface area contributed by atoms with E-state index in [1.807, 2.05) is 17.9 Å². The van der Waals surface area contributed by atoms with Gasteiger partial charge in [0.1, 0.15) is 0 Å². The van der Waals surface area contributed by atoms with Crippen LogP contribution < -0.4 is 4.72 Å². The highest BCUT2D eigenvalue weighted by molar-refractivity contribution is 7.96. The van der Waals surface area contributed by atoms with Crippen LogP contribution in [0, 0.1) is 5.92 Å². The maximum atomic E-state index is 12.0. The molecule has 2 aromatic rings. The summed E-state index contributed by atoms with van der Waals surface area (Å²) in [5.74, 6) is 0.880. The average molecular weight is 447 g/mol. The Labute approximate surface area is 189 Å². The molecule has 1 aromatic carbocycles. The largest absolute Gasteiger partial charge is 0.453 e. The van der Waals surface area contributed by atoms with E-state index in [0.717, 1.165) is 38.6 Å². The fourth-order valence-electron chi connectivity index (χ4n) is 5.06. The van der Waals surface area contributed by atoms with Crippen molar-refractivity contribution in [3.8, 4) is 0 Å². The third-order valence-corrected chi connectivity index (χ3v) is 7.44. The first-order valence-electron chi connectivity index (χ1n) is 11.2. The lowest BCUT2D eigenvalue weighted by Gasteiger charge is -2.38. The Morgan fingerprint density at radius 2 is 2.06 bits per heavy atom. The highest BCUT2D eigenvalue weighted by Crippen LogP contribution is 2.35. The van der Waals surface area contributed by atoms with Crippen molar-refractivity contribution in [2.24, 2.45) is 13.0 Å². The summed E-state index contributed by atoms with van der Waals surface area (Å²) >= 11 is 1.64. The molecule has 2 aliphatic rings. The first kappa shape index (κ1) is 22.4. The fourth-order valence-corrected chi connectivity index (χ4v) is 5.67. The zero-order valence-electron chi connectivity index (χ0n) is 18.8. The summed E-state index contributed by atoms with van der Waals surface area (Å²) < 4.78 is 16.7. The quantitative estimate of drug-likeness (QED) is 0.678. The molecule has 1 aromatic heterocycles. The number of hydrogen-bond donors (Lipinski definition) is 1. The number of aromatic nitrogens is 2. The second-order valence-corrected chi connectivity index (χ2v) is 9.43. The third kappa shape index (κ3) is 5.18. The van der Waals surface area contributed by atoms with E-state index in [1.165, 1.54) is 23.6 Å². The van der Waals surface area contributed by atoms with Gasteiger partial charge in [-0.2, -0.15) is 5.10 Å². The van der Waals surface area contributed by atoms with Gasteiger partial charge in [-0.3, -0.25) is 9.40 Å². The van der Waals surface area contributed by atoms with Gasteiger partial charge in [0.2, 0.25) is 0 Å². The molecule has 8 heteroatoms. The maximum absolute atomic E-state index is 12.0. The Balaban J connectivity index is 1.29. The standard InChI is InChI=1S/C23H34N4O3S/c1-26-22-9-6-17(12-18(22)13-24-26)16-4-7-20(8-5-16)30-15-19-14-27(23(28)29-2)11-10-21(19)25-31-3/h6,9,12-13,16,19-21,25H,4-5,7-8,10-11,14-15H2,1-3H3. The Hall–Kier alpha value is -1.77. The molecule has 2 unspecified atom stereocenters. The van der Waals surface area contributed by atoms with Crippen molar-refractivity contribution in [1.82, 2.24) is 19.4 Å². The van der Waals surface area contributed by atoms with Crippen molar-refractivity contribution >= 4 is 28.9 Å². The topological polar surface area (TPSA) is 68.6 Å².